The Bertz CT molecular complexity index is 1730. The number of aliphatic imine (C=N–C) groups is 1. The van der Waals surface area contributed by atoms with Crippen molar-refractivity contribution in [2.75, 3.05) is 25.0 Å². The number of fused-ring (bicyclic) bond motifs is 3. The zero-order chi connectivity index (χ0) is 32.2. The van der Waals surface area contributed by atoms with E-state index in [1.165, 1.54) is 6.42 Å². The van der Waals surface area contributed by atoms with Gasteiger partial charge in [-0.3, -0.25) is 9.36 Å². The van der Waals surface area contributed by atoms with Crippen molar-refractivity contribution in [3.63, 3.8) is 0 Å². The van der Waals surface area contributed by atoms with Crippen LogP contribution in [0, 0.1) is 23.2 Å². The molecular weight excluding hydrogens is 611 g/mol. The monoisotopic (exact) mass is 654 g/mol. The van der Waals surface area contributed by atoms with Crippen molar-refractivity contribution >= 4 is 45.8 Å². The van der Waals surface area contributed by atoms with Gasteiger partial charge in [-0.1, -0.05) is 50.0 Å². The molecule has 0 unspecified atom stereocenters. The summed E-state index contributed by atoms with van der Waals surface area (Å²) < 4.78 is 1.08. The maximum atomic E-state index is 13.6. The van der Waals surface area contributed by atoms with Gasteiger partial charge in [-0.25, -0.2) is 9.79 Å². The van der Waals surface area contributed by atoms with Gasteiger partial charge in [0, 0.05) is 40.9 Å². The molecule has 0 amide bonds. The van der Waals surface area contributed by atoms with Crippen LogP contribution in [0.15, 0.2) is 51.0 Å². The normalized spacial score (nSPS) is 28.5. The fourth-order valence-electron chi connectivity index (χ4n) is 8.09. The number of hydrogen-bond acceptors (Lipinski definition) is 5. The number of piperazine rings is 1. The Kier molecular flexibility index (Phi) is 8.84. The van der Waals surface area contributed by atoms with Crippen LogP contribution in [-0.4, -0.2) is 63.3 Å². The van der Waals surface area contributed by atoms with Gasteiger partial charge in [0.15, 0.2) is 5.96 Å². The number of nitrogens with one attached hydrogen (secondary N) is 3. The molecule has 242 valence electrons. The Morgan fingerprint density at radius 1 is 1.09 bits per heavy atom. The van der Waals surface area contributed by atoms with Crippen LogP contribution in [0.5, 0.6) is 0 Å². The average Bonchev–Trinajstić information content (AvgIpc) is 2.97. The van der Waals surface area contributed by atoms with Gasteiger partial charge in [0.2, 0.25) is 0 Å². The van der Waals surface area contributed by atoms with E-state index in [9.17, 15) is 14.7 Å². The van der Waals surface area contributed by atoms with Gasteiger partial charge in [0.25, 0.3) is 5.56 Å². The number of H-pyrrole nitrogens is 1. The Morgan fingerprint density at radius 3 is 2.47 bits per heavy atom. The van der Waals surface area contributed by atoms with Crippen LogP contribution in [-0.2, 0) is 6.42 Å². The van der Waals surface area contributed by atoms with E-state index < -0.39 is 23.9 Å². The molecule has 3 aliphatic carbocycles. The molecule has 0 radical (unpaired) electrons. The minimum atomic E-state index is -0.800. The standard InChI is InChI=1S/C34H44Cl2N6O3/c1-18-15-41(16-19(2)37-18)32(39-29-12-22-11-27(20(29)3)34(22,4)5)38-24-8-9-26-30(14-24)40-33(45)42(31(26)44)25(17-43)10-21-6-7-23(35)13-28(21)36/h6-9,13-14,18-20,22,25,27,29,37,43H,10-12,15-17H2,1-5H3,(H,38,39)(H,40,45)/t18-,19+,20-,22+,25-,27-,29-/m0/s1. The van der Waals surface area contributed by atoms with E-state index >= 15 is 0 Å². The first kappa shape index (κ1) is 32.1. The number of anilines is 1. The molecule has 4 aliphatic rings. The van der Waals surface area contributed by atoms with Gasteiger partial charge in [0.05, 0.1) is 29.6 Å². The molecule has 1 aromatic heterocycles. The molecule has 11 heteroatoms. The number of aromatic nitrogens is 2. The number of guanidine groups is 1. The maximum absolute atomic E-state index is 13.6. The third-order valence-electron chi connectivity index (χ3n) is 10.7. The van der Waals surface area contributed by atoms with Crippen molar-refractivity contribution in [1.82, 2.24) is 19.8 Å². The molecule has 4 N–H and O–H groups in total. The molecular formula is C34H44Cl2N6O3. The van der Waals surface area contributed by atoms with Crippen molar-refractivity contribution in [2.45, 2.75) is 78.0 Å². The van der Waals surface area contributed by atoms with Crippen LogP contribution in [0.25, 0.3) is 10.9 Å². The largest absolute Gasteiger partial charge is 0.394 e. The number of halogens is 2. The molecule has 2 heterocycles. The Hall–Kier alpha value is -2.85. The Labute approximate surface area is 274 Å². The molecule has 2 aromatic carbocycles. The van der Waals surface area contributed by atoms with Gasteiger partial charge in [0.1, 0.15) is 0 Å². The molecule has 1 saturated heterocycles. The van der Waals surface area contributed by atoms with E-state index in [0.29, 0.717) is 61.8 Å². The van der Waals surface area contributed by atoms with Crippen molar-refractivity contribution in [1.29, 1.82) is 0 Å². The third-order valence-corrected chi connectivity index (χ3v) is 11.3. The van der Waals surface area contributed by atoms with Gasteiger partial charge in [-0.2, -0.15) is 0 Å². The lowest BCUT2D eigenvalue weighted by Crippen LogP contribution is -2.59. The summed E-state index contributed by atoms with van der Waals surface area (Å²) in [5.74, 6) is 2.70. The number of nitrogens with zero attached hydrogens (tertiary/aromatic N) is 3. The van der Waals surface area contributed by atoms with Gasteiger partial charge in [-0.05, 0) is 92.2 Å². The maximum Gasteiger partial charge on any atom is 0.329 e. The number of aromatic amines is 1. The second-order valence-electron chi connectivity index (χ2n) is 14.1. The topological polar surface area (TPSA) is 115 Å². The highest BCUT2D eigenvalue weighted by Gasteiger charge is 2.56. The quantitative estimate of drug-likeness (QED) is 0.212. The first-order valence-electron chi connectivity index (χ1n) is 16.0. The number of aliphatic hydroxyl groups is 1. The van der Waals surface area contributed by atoms with Gasteiger partial charge >= 0.3 is 5.69 Å². The summed E-state index contributed by atoms with van der Waals surface area (Å²) in [6.07, 6.45) is 2.58. The van der Waals surface area contributed by atoms with E-state index in [1.807, 2.05) is 6.07 Å². The third kappa shape index (κ3) is 6.16. The highest BCUT2D eigenvalue weighted by Crippen LogP contribution is 2.61. The van der Waals surface area contributed by atoms with Crippen LogP contribution in [0.4, 0.5) is 5.69 Å². The predicted molar refractivity (Wildman–Crippen MR) is 183 cm³/mol. The summed E-state index contributed by atoms with van der Waals surface area (Å²) in [5, 5.41) is 18.6. The zero-order valence-electron chi connectivity index (χ0n) is 26.6. The SMILES string of the molecule is C[C@@H]1[C@@H](N=C(Nc2ccc3c(=O)n([C@H](CO)Cc4ccc(Cl)cc4Cl)c(=O)[nH]c3c2)N2C[C@@H](C)N[C@@H](C)C2)C[C@H]2C[C@@H]1C2(C)C. The number of hydrogen-bond donors (Lipinski definition) is 4. The number of rotatable bonds is 6. The lowest BCUT2D eigenvalue weighted by molar-refractivity contribution is -0.108. The van der Waals surface area contributed by atoms with Gasteiger partial charge in [-0.15, -0.1) is 0 Å². The summed E-state index contributed by atoms with van der Waals surface area (Å²) in [6.45, 7) is 12.8. The fraction of sp³-hybridized carbons (Fsp3) is 0.559. The van der Waals surface area contributed by atoms with Crippen molar-refractivity contribution < 1.29 is 5.11 Å². The van der Waals surface area contributed by atoms with Crippen molar-refractivity contribution in [2.24, 2.45) is 28.2 Å². The summed E-state index contributed by atoms with van der Waals surface area (Å²) >= 11 is 12.4. The highest BCUT2D eigenvalue weighted by atomic mass is 35.5. The van der Waals surface area contributed by atoms with E-state index in [1.54, 1.807) is 30.3 Å². The highest BCUT2D eigenvalue weighted by molar-refractivity contribution is 6.35. The van der Waals surface area contributed by atoms with Crippen LogP contribution in [0.3, 0.4) is 0 Å². The van der Waals surface area contributed by atoms with E-state index in [-0.39, 0.29) is 12.5 Å². The Balaban J connectivity index is 1.31. The van der Waals surface area contributed by atoms with Crippen molar-refractivity contribution in [3.05, 3.63) is 72.8 Å². The molecule has 3 aromatic rings. The molecule has 4 fully saturated rings. The molecule has 9 nitrogen and oxygen atoms in total. The smallest absolute Gasteiger partial charge is 0.329 e. The molecule has 7 rings (SSSR count). The first-order valence-corrected chi connectivity index (χ1v) is 16.8. The molecule has 7 atom stereocenters. The molecule has 0 spiro atoms. The molecule has 2 bridgehead atoms. The second-order valence-corrected chi connectivity index (χ2v) is 15.0. The van der Waals surface area contributed by atoms with E-state index in [2.05, 4.69) is 55.1 Å². The number of aliphatic hydroxyl groups excluding tert-OH is 1. The minimum absolute atomic E-state index is 0.195. The molecule has 45 heavy (non-hydrogen) atoms. The number of benzene rings is 2. The van der Waals surface area contributed by atoms with E-state index in [4.69, 9.17) is 28.2 Å². The summed E-state index contributed by atoms with van der Waals surface area (Å²) in [4.78, 5) is 37.5. The van der Waals surface area contributed by atoms with Crippen LogP contribution >= 0.6 is 23.2 Å². The van der Waals surface area contributed by atoms with Crippen LogP contribution in [0.2, 0.25) is 10.0 Å². The predicted octanol–water partition coefficient (Wildman–Crippen LogP) is 5.29. The molecule has 1 aliphatic heterocycles. The van der Waals surface area contributed by atoms with E-state index in [0.717, 1.165) is 35.7 Å². The van der Waals surface area contributed by atoms with Crippen molar-refractivity contribution in [3.8, 4) is 0 Å². The van der Waals surface area contributed by atoms with Crippen LogP contribution in [0.1, 0.15) is 59.1 Å². The average molecular weight is 656 g/mol. The first-order chi connectivity index (χ1) is 21.3. The summed E-state index contributed by atoms with van der Waals surface area (Å²) in [7, 11) is 0. The minimum Gasteiger partial charge on any atom is -0.394 e. The second kappa shape index (κ2) is 12.4. The lowest BCUT2D eigenvalue weighted by Gasteiger charge is -2.61. The molecule has 3 saturated carbocycles. The van der Waals surface area contributed by atoms with Crippen LogP contribution < -0.4 is 21.9 Å². The summed E-state index contributed by atoms with van der Waals surface area (Å²) in [5.41, 5.74) is 1.16. The fourth-order valence-corrected chi connectivity index (χ4v) is 8.58. The van der Waals surface area contributed by atoms with Gasteiger partial charge < -0.3 is 25.6 Å². The summed E-state index contributed by atoms with van der Waals surface area (Å²) in [6, 6.07) is 10.5. The lowest BCUT2D eigenvalue weighted by atomic mass is 9.45. The zero-order valence-corrected chi connectivity index (χ0v) is 28.1. The Morgan fingerprint density at radius 2 is 1.82 bits per heavy atom.